The standard InChI is InChI=1S/C18H20O4/c1-3-16(21-2)12-22-17-10-8-14(9-11-17)13-4-6-15(7-5-13)18(19)20/h4-11,16H,3,12H2,1-2H3,(H,19,20). The number of carboxylic acid groups (broad SMARTS) is 1. The molecule has 1 atom stereocenters. The summed E-state index contributed by atoms with van der Waals surface area (Å²) in [6.45, 7) is 2.58. The highest BCUT2D eigenvalue weighted by Gasteiger charge is 2.06. The first kappa shape index (κ1) is 16.0. The predicted octanol–water partition coefficient (Wildman–Crippen LogP) is 3.86. The first-order valence-corrected chi connectivity index (χ1v) is 7.23. The van der Waals surface area contributed by atoms with Crippen LogP contribution in [-0.4, -0.2) is 30.9 Å². The first-order chi connectivity index (χ1) is 10.6. The number of ether oxygens (including phenoxy) is 2. The lowest BCUT2D eigenvalue weighted by molar-refractivity contribution is 0.0556. The van der Waals surface area contributed by atoms with Crippen LogP contribution < -0.4 is 4.74 Å². The Morgan fingerprint density at radius 2 is 1.59 bits per heavy atom. The molecule has 0 radical (unpaired) electrons. The molecule has 0 bridgehead atoms. The Morgan fingerprint density at radius 3 is 2.05 bits per heavy atom. The van der Waals surface area contributed by atoms with Crippen LogP contribution in [0, 0.1) is 0 Å². The lowest BCUT2D eigenvalue weighted by atomic mass is 10.0. The molecule has 0 aliphatic rings. The largest absolute Gasteiger partial charge is 0.491 e. The molecule has 0 spiro atoms. The third-order valence-corrected chi connectivity index (χ3v) is 3.54. The molecule has 22 heavy (non-hydrogen) atoms. The number of carboxylic acids is 1. The highest BCUT2D eigenvalue weighted by atomic mass is 16.5. The number of benzene rings is 2. The summed E-state index contributed by atoms with van der Waals surface area (Å²) in [5, 5.41) is 8.90. The van der Waals surface area contributed by atoms with Crippen LogP contribution in [0.4, 0.5) is 0 Å². The topological polar surface area (TPSA) is 55.8 Å². The summed E-state index contributed by atoms with van der Waals surface area (Å²) < 4.78 is 11.0. The Kier molecular flexibility index (Phi) is 5.55. The van der Waals surface area contributed by atoms with E-state index in [9.17, 15) is 4.79 Å². The van der Waals surface area contributed by atoms with E-state index in [1.165, 1.54) is 0 Å². The Bertz CT molecular complexity index is 598. The summed E-state index contributed by atoms with van der Waals surface area (Å²) in [7, 11) is 1.68. The highest BCUT2D eigenvalue weighted by molar-refractivity contribution is 5.88. The van der Waals surface area contributed by atoms with Gasteiger partial charge in [-0.05, 0) is 41.8 Å². The van der Waals surface area contributed by atoms with Crippen molar-refractivity contribution in [3.63, 3.8) is 0 Å². The van der Waals surface area contributed by atoms with Gasteiger partial charge in [0.25, 0.3) is 0 Å². The molecule has 4 heteroatoms. The van der Waals surface area contributed by atoms with E-state index in [1.54, 1.807) is 31.4 Å². The molecule has 2 aromatic rings. The fraction of sp³-hybridized carbons (Fsp3) is 0.278. The minimum Gasteiger partial charge on any atom is -0.491 e. The lowest BCUT2D eigenvalue weighted by Gasteiger charge is -2.14. The fourth-order valence-electron chi connectivity index (χ4n) is 2.09. The zero-order valence-electron chi connectivity index (χ0n) is 12.8. The van der Waals surface area contributed by atoms with Gasteiger partial charge in [0, 0.05) is 7.11 Å². The van der Waals surface area contributed by atoms with Crippen molar-refractivity contribution in [2.45, 2.75) is 19.4 Å². The van der Waals surface area contributed by atoms with Crippen molar-refractivity contribution in [1.29, 1.82) is 0 Å². The average molecular weight is 300 g/mol. The van der Waals surface area contributed by atoms with Crippen LogP contribution in [0.2, 0.25) is 0 Å². The Hall–Kier alpha value is -2.33. The zero-order chi connectivity index (χ0) is 15.9. The number of hydrogen-bond acceptors (Lipinski definition) is 3. The second kappa shape index (κ2) is 7.61. The molecule has 0 saturated heterocycles. The van der Waals surface area contributed by atoms with Gasteiger partial charge < -0.3 is 14.6 Å². The summed E-state index contributed by atoms with van der Waals surface area (Å²) in [5.41, 5.74) is 2.27. The van der Waals surface area contributed by atoms with Crippen LogP contribution >= 0.6 is 0 Å². The summed E-state index contributed by atoms with van der Waals surface area (Å²) in [6.07, 6.45) is 1.01. The molecule has 1 N–H and O–H groups in total. The zero-order valence-corrected chi connectivity index (χ0v) is 12.8. The Morgan fingerprint density at radius 1 is 1.05 bits per heavy atom. The monoisotopic (exact) mass is 300 g/mol. The van der Waals surface area contributed by atoms with Crippen LogP contribution in [0.5, 0.6) is 5.75 Å². The molecule has 0 aliphatic heterocycles. The molecule has 1 unspecified atom stereocenters. The maximum atomic E-state index is 10.8. The smallest absolute Gasteiger partial charge is 0.335 e. The van der Waals surface area contributed by atoms with Gasteiger partial charge in [0.15, 0.2) is 0 Å². The second-order valence-electron chi connectivity index (χ2n) is 4.98. The van der Waals surface area contributed by atoms with Gasteiger partial charge in [-0.25, -0.2) is 4.79 Å². The fourth-order valence-corrected chi connectivity index (χ4v) is 2.09. The van der Waals surface area contributed by atoms with E-state index >= 15 is 0 Å². The van der Waals surface area contributed by atoms with Crippen molar-refractivity contribution in [1.82, 2.24) is 0 Å². The van der Waals surface area contributed by atoms with Crippen LogP contribution in [0.25, 0.3) is 11.1 Å². The van der Waals surface area contributed by atoms with Gasteiger partial charge in [-0.1, -0.05) is 31.2 Å². The molecule has 2 aromatic carbocycles. The molecular weight excluding hydrogens is 280 g/mol. The first-order valence-electron chi connectivity index (χ1n) is 7.23. The van der Waals surface area contributed by atoms with Crippen LogP contribution in [-0.2, 0) is 4.74 Å². The van der Waals surface area contributed by atoms with Crippen molar-refractivity contribution in [2.24, 2.45) is 0 Å². The SMILES string of the molecule is CCC(COc1ccc(-c2ccc(C(=O)O)cc2)cc1)OC. The third kappa shape index (κ3) is 4.09. The summed E-state index contributed by atoms with van der Waals surface area (Å²) in [5.74, 6) is -0.125. The van der Waals surface area contributed by atoms with Crippen molar-refractivity contribution < 1.29 is 19.4 Å². The van der Waals surface area contributed by atoms with E-state index < -0.39 is 5.97 Å². The summed E-state index contributed by atoms with van der Waals surface area (Å²) in [4.78, 5) is 10.8. The second-order valence-corrected chi connectivity index (χ2v) is 4.98. The number of aromatic carboxylic acids is 1. The highest BCUT2D eigenvalue weighted by Crippen LogP contribution is 2.23. The van der Waals surface area contributed by atoms with E-state index in [0.717, 1.165) is 23.3 Å². The minimum absolute atomic E-state index is 0.100. The van der Waals surface area contributed by atoms with E-state index in [4.69, 9.17) is 14.6 Å². The molecule has 0 saturated carbocycles. The van der Waals surface area contributed by atoms with Crippen LogP contribution in [0.1, 0.15) is 23.7 Å². The van der Waals surface area contributed by atoms with E-state index in [2.05, 4.69) is 6.92 Å². The summed E-state index contributed by atoms with van der Waals surface area (Å²) >= 11 is 0. The van der Waals surface area contributed by atoms with Crippen molar-refractivity contribution in [2.75, 3.05) is 13.7 Å². The van der Waals surface area contributed by atoms with E-state index in [0.29, 0.717) is 6.61 Å². The normalized spacial score (nSPS) is 11.9. The van der Waals surface area contributed by atoms with Gasteiger partial charge in [-0.3, -0.25) is 0 Å². The molecule has 0 aromatic heterocycles. The van der Waals surface area contributed by atoms with Gasteiger partial charge in [0.1, 0.15) is 12.4 Å². The summed E-state index contributed by atoms with van der Waals surface area (Å²) in [6, 6.07) is 14.5. The number of hydrogen-bond donors (Lipinski definition) is 1. The van der Waals surface area contributed by atoms with Crippen molar-refractivity contribution >= 4 is 5.97 Å². The predicted molar refractivity (Wildman–Crippen MR) is 85.4 cm³/mol. The molecule has 0 aliphatic carbocycles. The maximum absolute atomic E-state index is 10.8. The van der Waals surface area contributed by atoms with Crippen LogP contribution in [0.15, 0.2) is 48.5 Å². The molecule has 116 valence electrons. The molecule has 4 nitrogen and oxygen atoms in total. The Labute approximate surface area is 130 Å². The maximum Gasteiger partial charge on any atom is 0.335 e. The number of rotatable bonds is 7. The number of carbonyl (C=O) groups is 1. The minimum atomic E-state index is -0.918. The van der Waals surface area contributed by atoms with Gasteiger partial charge in [0.2, 0.25) is 0 Å². The van der Waals surface area contributed by atoms with Gasteiger partial charge >= 0.3 is 5.97 Å². The van der Waals surface area contributed by atoms with Crippen LogP contribution in [0.3, 0.4) is 0 Å². The van der Waals surface area contributed by atoms with Gasteiger partial charge in [-0.15, -0.1) is 0 Å². The van der Waals surface area contributed by atoms with Gasteiger partial charge in [-0.2, -0.15) is 0 Å². The molecule has 2 rings (SSSR count). The molecule has 0 fully saturated rings. The van der Waals surface area contributed by atoms with E-state index in [-0.39, 0.29) is 11.7 Å². The molecule has 0 amide bonds. The third-order valence-electron chi connectivity index (χ3n) is 3.54. The van der Waals surface area contributed by atoms with Gasteiger partial charge in [0.05, 0.1) is 11.7 Å². The lowest BCUT2D eigenvalue weighted by Crippen LogP contribution is -2.18. The molecule has 0 heterocycles. The number of methoxy groups -OCH3 is 1. The Balaban J connectivity index is 2.03. The van der Waals surface area contributed by atoms with Crippen molar-refractivity contribution in [3.05, 3.63) is 54.1 Å². The average Bonchev–Trinajstić information content (AvgIpc) is 2.56. The quantitative estimate of drug-likeness (QED) is 0.843. The van der Waals surface area contributed by atoms with Crippen molar-refractivity contribution in [3.8, 4) is 16.9 Å². The van der Waals surface area contributed by atoms with E-state index in [1.807, 2.05) is 24.3 Å². The molecular formula is C18H20O4.